The first kappa shape index (κ1) is 11.6. The summed E-state index contributed by atoms with van der Waals surface area (Å²) in [5, 5.41) is 8.70. The molecular formula is C12H14N2O3. The third kappa shape index (κ3) is 2.81. The summed E-state index contributed by atoms with van der Waals surface area (Å²) in [6, 6.07) is 3.44. The maximum atomic E-state index is 12.0. The molecule has 2 heterocycles. The van der Waals surface area contributed by atoms with E-state index in [0.717, 1.165) is 6.42 Å². The van der Waals surface area contributed by atoms with Gasteiger partial charge in [-0.3, -0.25) is 14.6 Å². The van der Waals surface area contributed by atoms with Crippen LogP contribution in [0.5, 0.6) is 0 Å². The highest BCUT2D eigenvalue weighted by Crippen LogP contribution is 2.21. The van der Waals surface area contributed by atoms with Crippen LogP contribution in [-0.2, 0) is 4.79 Å². The summed E-state index contributed by atoms with van der Waals surface area (Å²) in [5.41, 5.74) is 0.559. The number of aromatic nitrogens is 1. The number of carboxylic acid groups (broad SMARTS) is 1. The van der Waals surface area contributed by atoms with Gasteiger partial charge in [0.25, 0.3) is 5.91 Å². The van der Waals surface area contributed by atoms with Crippen molar-refractivity contribution in [3.05, 3.63) is 30.1 Å². The molecule has 0 bridgehead atoms. The summed E-state index contributed by atoms with van der Waals surface area (Å²) < 4.78 is 0. The van der Waals surface area contributed by atoms with E-state index in [1.807, 2.05) is 0 Å². The van der Waals surface area contributed by atoms with Gasteiger partial charge in [-0.15, -0.1) is 0 Å². The molecule has 0 aromatic carbocycles. The molecule has 5 nitrogen and oxygen atoms in total. The standard InChI is InChI=1S/C12H14N2O3/c15-11(16)6-9-3-5-14(8-9)12(17)10-2-1-4-13-7-10/h1-2,4,7,9H,3,5-6,8H2,(H,15,16). The Bertz CT molecular complexity index is 419. The second-order valence-corrected chi connectivity index (χ2v) is 4.25. The average molecular weight is 234 g/mol. The first-order chi connectivity index (χ1) is 8.16. The number of hydrogen-bond acceptors (Lipinski definition) is 3. The SMILES string of the molecule is O=C(O)CC1CCN(C(=O)c2cccnc2)C1. The lowest BCUT2D eigenvalue weighted by molar-refractivity contribution is -0.138. The molecular weight excluding hydrogens is 220 g/mol. The molecule has 1 aromatic heterocycles. The van der Waals surface area contributed by atoms with Crippen LogP contribution in [0.4, 0.5) is 0 Å². The Hall–Kier alpha value is -1.91. The van der Waals surface area contributed by atoms with Crippen molar-refractivity contribution >= 4 is 11.9 Å². The van der Waals surface area contributed by atoms with E-state index < -0.39 is 5.97 Å². The second-order valence-electron chi connectivity index (χ2n) is 4.25. The van der Waals surface area contributed by atoms with Gasteiger partial charge in [0.15, 0.2) is 0 Å². The number of pyridine rings is 1. The highest BCUT2D eigenvalue weighted by atomic mass is 16.4. The molecule has 0 saturated carbocycles. The molecule has 0 aliphatic carbocycles. The van der Waals surface area contributed by atoms with Crippen LogP contribution >= 0.6 is 0 Å². The smallest absolute Gasteiger partial charge is 0.303 e. The third-order valence-corrected chi connectivity index (χ3v) is 2.94. The van der Waals surface area contributed by atoms with Gasteiger partial charge in [-0.25, -0.2) is 0 Å². The summed E-state index contributed by atoms with van der Waals surface area (Å²) in [5.74, 6) is -0.787. The van der Waals surface area contributed by atoms with Gasteiger partial charge in [0, 0.05) is 31.9 Å². The highest BCUT2D eigenvalue weighted by Gasteiger charge is 2.28. The molecule has 5 heteroatoms. The van der Waals surface area contributed by atoms with E-state index in [1.54, 1.807) is 23.2 Å². The Balaban J connectivity index is 1.97. The van der Waals surface area contributed by atoms with E-state index in [4.69, 9.17) is 5.11 Å². The van der Waals surface area contributed by atoms with Crippen molar-refractivity contribution < 1.29 is 14.7 Å². The molecule has 1 amide bonds. The quantitative estimate of drug-likeness (QED) is 0.847. The molecule has 1 N–H and O–H groups in total. The van der Waals surface area contributed by atoms with Gasteiger partial charge >= 0.3 is 5.97 Å². The number of likely N-dealkylation sites (tertiary alicyclic amines) is 1. The molecule has 1 atom stereocenters. The summed E-state index contributed by atoms with van der Waals surface area (Å²) in [6.45, 7) is 1.16. The predicted molar refractivity (Wildman–Crippen MR) is 60.5 cm³/mol. The lowest BCUT2D eigenvalue weighted by Gasteiger charge is -2.15. The Morgan fingerprint density at radius 2 is 2.35 bits per heavy atom. The zero-order valence-corrected chi connectivity index (χ0v) is 9.37. The Morgan fingerprint density at radius 3 is 3.00 bits per heavy atom. The minimum atomic E-state index is -0.800. The third-order valence-electron chi connectivity index (χ3n) is 2.94. The summed E-state index contributed by atoms with van der Waals surface area (Å²) in [7, 11) is 0. The fraction of sp³-hybridized carbons (Fsp3) is 0.417. The van der Waals surface area contributed by atoms with Crippen molar-refractivity contribution in [2.24, 2.45) is 5.92 Å². The van der Waals surface area contributed by atoms with Crippen molar-refractivity contribution in [2.75, 3.05) is 13.1 Å². The van der Waals surface area contributed by atoms with Gasteiger partial charge < -0.3 is 10.0 Å². The van der Waals surface area contributed by atoms with E-state index in [9.17, 15) is 9.59 Å². The first-order valence-corrected chi connectivity index (χ1v) is 5.58. The molecule has 0 radical (unpaired) electrons. The number of carboxylic acids is 1. The number of nitrogens with zero attached hydrogens (tertiary/aromatic N) is 2. The summed E-state index contributed by atoms with van der Waals surface area (Å²) in [4.78, 5) is 28.2. The fourth-order valence-corrected chi connectivity index (χ4v) is 2.10. The maximum absolute atomic E-state index is 12.0. The van der Waals surface area contributed by atoms with Crippen LogP contribution in [0.25, 0.3) is 0 Å². The van der Waals surface area contributed by atoms with Gasteiger partial charge in [0.2, 0.25) is 0 Å². The predicted octanol–water partition coefficient (Wildman–Crippen LogP) is 1.02. The van der Waals surface area contributed by atoms with Gasteiger partial charge in [-0.2, -0.15) is 0 Å². The lowest BCUT2D eigenvalue weighted by atomic mass is 10.1. The van der Waals surface area contributed by atoms with Crippen molar-refractivity contribution in [1.29, 1.82) is 0 Å². The molecule has 2 rings (SSSR count). The van der Waals surface area contributed by atoms with E-state index in [-0.39, 0.29) is 18.2 Å². The molecule has 1 aliphatic heterocycles. The van der Waals surface area contributed by atoms with Gasteiger partial charge in [0.05, 0.1) is 5.56 Å². The molecule has 1 unspecified atom stereocenters. The van der Waals surface area contributed by atoms with Crippen LogP contribution < -0.4 is 0 Å². The molecule has 1 saturated heterocycles. The number of aliphatic carboxylic acids is 1. The first-order valence-electron chi connectivity index (χ1n) is 5.58. The van der Waals surface area contributed by atoms with Crippen LogP contribution in [0.15, 0.2) is 24.5 Å². The summed E-state index contributed by atoms with van der Waals surface area (Å²) in [6.07, 6.45) is 4.05. The maximum Gasteiger partial charge on any atom is 0.303 e. The molecule has 1 fully saturated rings. The topological polar surface area (TPSA) is 70.5 Å². The number of hydrogen-bond donors (Lipinski definition) is 1. The van der Waals surface area contributed by atoms with Crippen molar-refractivity contribution in [3.63, 3.8) is 0 Å². The zero-order chi connectivity index (χ0) is 12.3. The van der Waals surface area contributed by atoms with E-state index in [0.29, 0.717) is 18.7 Å². The monoisotopic (exact) mass is 234 g/mol. The van der Waals surface area contributed by atoms with Gasteiger partial charge in [-0.05, 0) is 24.5 Å². The second kappa shape index (κ2) is 4.95. The van der Waals surface area contributed by atoms with Crippen molar-refractivity contribution in [3.8, 4) is 0 Å². The number of amides is 1. The van der Waals surface area contributed by atoms with Crippen LogP contribution in [-0.4, -0.2) is 40.0 Å². The van der Waals surface area contributed by atoms with E-state index in [2.05, 4.69) is 4.98 Å². The molecule has 1 aromatic rings. The number of carbonyl (C=O) groups is 2. The van der Waals surface area contributed by atoms with Crippen molar-refractivity contribution in [1.82, 2.24) is 9.88 Å². The Morgan fingerprint density at radius 1 is 1.53 bits per heavy atom. The van der Waals surface area contributed by atoms with Crippen LogP contribution in [0.1, 0.15) is 23.2 Å². The zero-order valence-electron chi connectivity index (χ0n) is 9.37. The Labute approximate surface area is 99.1 Å². The molecule has 90 valence electrons. The minimum absolute atomic E-state index is 0.0639. The largest absolute Gasteiger partial charge is 0.481 e. The minimum Gasteiger partial charge on any atom is -0.481 e. The Kier molecular flexibility index (Phi) is 3.37. The van der Waals surface area contributed by atoms with Gasteiger partial charge in [0.1, 0.15) is 0 Å². The molecule has 0 spiro atoms. The fourth-order valence-electron chi connectivity index (χ4n) is 2.10. The van der Waals surface area contributed by atoms with Crippen molar-refractivity contribution in [2.45, 2.75) is 12.8 Å². The van der Waals surface area contributed by atoms with Gasteiger partial charge in [-0.1, -0.05) is 0 Å². The van der Waals surface area contributed by atoms with E-state index in [1.165, 1.54) is 6.20 Å². The van der Waals surface area contributed by atoms with E-state index >= 15 is 0 Å². The average Bonchev–Trinajstić information content (AvgIpc) is 2.77. The number of carbonyl (C=O) groups excluding carboxylic acids is 1. The number of rotatable bonds is 3. The summed E-state index contributed by atoms with van der Waals surface area (Å²) >= 11 is 0. The van der Waals surface area contributed by atoms with Crippen LogP contribution in [0.3, 0.4) is 0 Å². The highest BCUT2D eigenvalue weighted by molar-refractivity contribution is 5.94. The molecule has 1 aliphatic rings. The van der Waals surface area contributed by atoms with Crippen LogP contribution in [0.2, 0.25) is 0 Å². The normalized spacial score (nSPS) is 19.3. The molecule has 17 heavy (non-hydrogen) atoms. The lowest BCUT2D eigenvalue weighted by Crippen LogP contribution is -2.29. The van der Waals surface area contributed by atoms with Crippen LogP contribution in [0, 0.1) is 5.92 Å².